The molecule has 1 unspecified atom stereocenters. The lowest BCUT2D eigenvalue weighted by atomic mass is 10.2. The minimum atomic E-state index is -0.368. The fraction of sp³-hybridized carbons (Fsp3) is 0. The highest BCUT2D eigenvalue weighted by molar-refractivity contribution is 8.21. The molecule has 1 atom stereocenters. The number of para-hydroxylation sites is 1. The van der Waals surface area contributed by atoms with Crippen molar-refractivity contribution in [2.75, 3.05) is 4.72 Å². The van der Waals surface area contributed by atoms with Crippen LogP contribution in [-0.2, 0) is 0 Å². The topological polar surface area (TPSA) is 12.0 Å². The molecule has 0 fully saturated rings. The molecular formula is C14H13NS. The normalized spacial score (nSPS) is 19.4. The summed E-state index contributed by atoms with van der Waals surface area (Å²) in [6.07, 6.45) is 2.21. The third-order valence-electron chi connectivity index (χ3n) is 2.62. The third kappa shape index (κ3) is 1.72. The second-order valence-corrected chi connectivity index (χ2v) is 5.47. The second-order valence-electron chi connectivity index (χ2n) is 3.72. The van der Waals surface area contributed by atoms with E-state index in [1.165, 1.54) is 16.1 Å². The van der Waals surface area contributed by atoms with Gasteiger partial charge in [-0.1, -0.05) is 36.4 Å². The van der Waals surface area contributed by atoms with E-state index >= 15 is 0 Å². The van der Waals surface area contributed by atoms with Gasteiger partial charge >= 0.3 is 0 Å². The molecule has 0 saturated carbocycles. The lowest BCUT2D eigenvalue weighted by Gasteiger charge is -2.18. The Morgan fingerprint density at radius 1 is 0.812 bits per heavy atom. The van der Waals surface area contributed by atoms with E-state index in [0.717, 1.165) is 0 Å². The minimum absolute atomic E-state index is 0.368. The molecule has 0 spiro atoms. The van der Waals surface area contributed by atoms with Crippen LogP contribution in [0.2, 0.25) is 0 Å². The van der Waals surface area contributed by atoms with Gasteiger partial charge in [-0.25, -0.2) is 0 Å². The summed E-state index contributed by atoms with van der Waals surface area (Å²) >= 11 is -0.368. The van der Waals surface area contributed by atoms with Crippen LogP contribution in [0.15, 0.2) is 64.9 Å². The van der Waals surface area contributed by atoms with E-state index in [9.17, 15) is 0 Å². The first kappa shape index (κ1) is 9.55. The molecule has 0 radical (unpaired) electrons. The Bertz CT molecular complexity index is 519. The Morgan fingerprint density at radius 3 is 2.44 bits per heavy atom. The number of fused-ring (bicyclic) bond motifs is 1. The Balaban J connectivity index is 1.87. The summed E-state index contributed by atoms with van der Waals surface area (Å²) in [5.74, 6) is 0. The predicted octanol–water partition coefficient (Wildman–Crippen LogP) is 4.06. The average Bonchev–Trinajstić information content (AvgIpc) is 2.74. The van der Waals surface area contributed by atoms with E-state index in [-0.39, 0.29) is 11.1 Å². The molecule has 80 valence electrons. The molecule has 1 N–H and O–H groups in total. The first-order valence-electron chi connectivity index (χ1n) is 5.32. The molecule has 1 aliphatic heterocycles. The molecule has 1 nitrogen and oxygen atoms in total. The molecule has 0 saturated heterocycles. The summed E-state index contributed by atoms with van der Waals surface area (Å²) < 4.78 is 3.58. The zero-order valence-corrected chi connectivity index (χ0v) is 9.69. The van der Waals surface area contributed by atoms with Crippen molar-refractivity contribution < 1.29 is 0 Å². The van der Waals surface area contributed by atoms with E-state index in [0.29, 0.717) is 0 Å². The number of benzene rings is 2. The molecule has 0 bridgehead atoms. The quantitative estimate of drug-likeness (QED) is 0.737. The van der Waals surface area contributed by atoms with E-state index in [4.69, 9.17) is 0 Å². The van der Waals surface area contributed by atoms with Gasteiger partial charge in [0, 0.05) is 10.6 Å². The first-order valence-corrected chi connectivity index (χ1v) is 6.73. The Morgan fingerprint density at radius 2 is 1.56 bits per heavy atom. The zero-order valence-electron chi connectivity index (χ0n) is 8.80. The molecule has 2 heteroatoms. The fourth-order valence-electron chi connectivity index (χ4n) is 1.83. The van der Waals surface area contributed by atoms with Crippen molar-refractivity contribution in [3.63, 3.8) is 0 Å². The number of anilines is 1. The first-order chi connectivity index (χ1) is 7.93. The van der Waals surface area contributed by atoms with Crippen LogP contribution >= 0.6 is 11.1 Å². The molecule has 2 aromatic carbocycles. The van der Waals surface area contributed by atoms with Gasteiger partial charge in [0.25, 0.3) is 0 Å². The summed E-state index contributed by atoms with van der Waals surface area (Å²) in [4.78, 5) is 1.42. The van der Waals surface area contributed by atoms with Crippen molar-refractivity contribution in [1.82, 2.24) is 0 Å². The maximum absolute atomic E-state index is 3.58. The zero-order chi connectivity index (χ0) is 10.8. The number of nitrogens with one attached hydrogen (secondary N) is 1. The van der Waals surface area contributed by atoms with Crippen molar-refractivity contribution in [2.24, 2.45) is 0 Å². The van der Waals surface area contributed by atoms with Crippen LogP contribution in [0.1, 0.15) is 5.56 Å². The molecule has 0 aliphatic carbocycles. The van der Waals surface area contributed by atoms with Crippen molar-refractivity contribution in [2.45, 2.75) is 4.90 Å². The van der Waals surface area contributed by atoms with Crippen molar-refractivity contribution in [3.05, 3.63) is 65.6 Å². The van der Waals surface area contributed by atoms with E-state index in [1.807, 2.05) is 6.07 Å². The standard InChI is InChI=1S/C14H13NS/c1-2-7-13(8-3-1)15-16-11-10-12-6-4-5-9-14(12)16/h1-11,15-16H. The van der Waals surface area contributed by atoms with E-state index in [2.05, 4.69) is 64.7 Å². The Hall–Kier alpha value is -1.67. The van der Waals surface area contributed by atoms with Crippen LogP contribution in [0.3, 0.4) is 0 Å². The maximum atomic E-state index is 3.58. The highest BCUT2D eigenvalue weighted by atomic mass is 32.2. The molecular weight excluding hydrogens is 214 g/mol. The average molecular weight is 227 g/mol. The third-order valence-corrected chi connectivity index (χ3v) is 4.50. The molecule has 3 rings (SSSR count). The van der Waals surface area contributed by atoms with Gasteiger partial charge in [-0.2, -0.15) is 0 Å². The van der Waals surface area contributed by atoms with E-state index in [1.54, 1.807) is 0 Å². The second kappa shape index (κ2) is 4.06. The smallest absolute Gasteiger partial charge is 0.0430 e. The lowest BCUT2D eigenvalue weighted by Crippen LogP contribution is -1.92. The Labute approximate surface area is 98.3 Å². The van der Waals surface area contributed by atoms with Crippen molar-refractivity contribution in [3.8, 4) is 0 Å². The van der Waals surface area contributed by atoms with Gasteiger partial charge in [0.1, 0.15) is 0 Å². The van der Waals surface area contributed by atoms with Gasteiger partial charge in [0.15, 0.2) is 0 Å². The Kier molecular flexibility index (Phi) is 2.43. The number of hydrogen-bond acceptors (Lipinski definition) is 1. The summed E-state index contributed by atoms with van der Waals surface area (Å²) in [6.45, 7) is 0. The molecule has 0 aromatic heterocycles. The van der Waals surface area contributed by atoms with E-state index < -0.39 is 0 Å². The number of hydrogen-bond donors (Lipinski definition) is 2. The number of rotatable bonds is 2. The summed E-state index contributed by atoms with van der Waals surface area (Å²) in [5.41, 5.74) is 2.53. The van der Waals surface area contributed by atoms with Crippen LogP contribution in [0.4, 0.5) is 5.69 Å². The maximum Gasteiger partial charge on any atom is 0.0430 e. The van der Waals surface area contributed by atoms with Gasteiger partial charge in [0.2, 0.25) is 0 Å². The lowest BCUT2D eigenvalue weighted by molar-refractivity contribution is 1.43. The molecule has 16 heavy (non-hydrogen) atoms. The fourth-order valence-corrected chi connectivity index (χ4v) is 3.60. The van der Waals surface area contributed by atoms with Crippen LogP contribution in [-0.4, -0.2) is 0 Å². The van der Waals surface area contributed by atoms with Gasteiger partial charge in [-0.15, -0.1) is 11.1 Å². The van der Waals surface area contributed by atoms with Crippen molar-refractivity contribution >= 4 is 22.8 Å². The van der Waals surface area contributed by atoms with Gasteiger partial charge < -0.3 is 4.72 Å². The highest BCUT2D eigenvalue weighted by Crippen LogP contribution is 2.45. The van der Waals surface area contributed by atoms with Crippen LogP contribution < -0.4 is 4.72 Å². The van der Waals surface area contributed by atoms with Gasteiger partial charge in [0.05, 0.1) is 0 Å². The molecule has 1 heterocycles. The summed E-state index contributed by atoms with van der Waals surface area (Å²) in [5, 5.41) is 2.27. The largest absolute Gasteiger partial charge is 0.342 e. The van der Waals surface area contributed by atoms with Crippen molar-refractivity contribution in [1.29, 1.82) is 0 Å². The van der Waals surface area contributed by atoms with Gasteiger partial charge in [-0.3, -0.25) is 0 Å². The summed E-state index contributed by atoms with van der Waals surface area (Å²) in [6, 6.07) is 18.9. The monoisotopic (exact) mass is 227 g/mol. The summed E-state index contributed by atoms with van der Waals surface area (Å²) in [7, 11) is 0. The predicted molar refractivity (Wildman–Crippen MR) is 72.8 cm³/mol. The van der Waals surface area contributed by atoms with Crippen LogP contribution in [0.25, 0.3) is 6.08 Å². The minimum Gasteiger partial charge on any atom is -0.342 e. The van der Waals surface area contributed by atoms with Crippen LogP contribution in [0, 0.1) is 0 Å². The molecule has 1 aliphatic rings. The molecule has 2 aromatic rings. The van der Waals surface area contributed by atoms with Gasteiger partial charge in [-0.05, 0) is 35.2 Å². The highest BCUT2D eigenvalue weighted by Gasteiger charge is 2.12. The number of thiol groups is 1. The molecule has 0 amide bonds. The van der Waals surface area contributed by atoms with Crippen LogP contribution in [0.5, 0.6) is 0 Å². The SMILES string of the molecule is C1=C[SH](Nc2ccccc2)c2ccccc21.